The van der Waals surface area contributed by atoms with Gasteiger partial charge < -0.3 is 14.8 Å². The van der Waals surface area contributed by atoms with E-state index < -0.39 is 6.10 Å². The lowest BCUT2D eigenvalue weighted by Gasteiger charge is -2.07. The van der Waals surface area contributed by atoms with Gasteiger partial charge in [-0.3, -0.25) is 4.79 Å². The topological polar surface area (TPSA) is 66.6 Å². The van der Waals surface area contributed by atoms with Gasteiger partial charge in [0.05, 0.1) is 17.4 Å². The van der Waals surface area contributed by atoms with E-state index in [1.54, 1.807) is 19.2 Å². The molecule has 1 unspecified atom stereocenters. The summed E-state index contributed by atoms with van der Waals surface area (Å²) >= 11 is 0. The summed E-state index contributed by atoms with van der Waals surface area (Å²) in [6.45, 7) is 5.94. The first kappa shape index (κ1) is 13.5. The Morgan fingerprint density at radius 2 is 2.26 bits per heavy atom. The van der Waals surface area contributed by atoms with Crippen LogP contribution in [0.4, 0.5) is 0 Å². The second kappa shape index (κ2) is 5.40. The van der Waals surface area contributed by atoms with E-state index in [1.807, 2.05) is 17.4 Å². The fourth-order valence-electron chi connectivity index (χ4n) is 2.02. The predicted molar refractivity (Wildman–Crippen MR) is 73.3 cm³/mol. The zero-order valence-corrected chi connectivity index (χ0v) is 11.5. The molecule has 2 N–H and O–H groups in total. The van der Waals surface area contributed by atoms with Crippen LogP contribution in [0.5, 0.6) is 0 Å². The van der Waals surface area contributed by atoms with Crippen molar-refractivity contribution in [2.75, 3.05) is 6.54 Å². The first-order valence-electron chi connectivity index (χ1n) is 6.46. The minimum Gasteiger partial charge on any atom is -0.392 e. The first-order chi connectivity index (χ1) is 9.02. The van der Waals surface area contributed by atoms with Crippen LogP contribution in [0.2, 0.25) is 0 Å². The van der Waals surface area contributed by atoms with E-state index in [0.29, 0.717) is 5.56 Å². The molecule has 2 aromatic heterocycles. The number of hydrogen-bond acceptors (Lipinski definition) is 3. The molecule has 102 valence electrons. The van der Waals surface area contributed by atoms with Crippen LogP contribution >= 0.6 is 0 Å². The second-order valence-corrected chi connectivity index (χ2v) is 4.70. The van der Waals surface area contributed by atoms with Crippen LogP contribution in [0.1, 0.15) is 35.6 Å². The standard InChI is InChI=1S/C14H19N3O2/c1-4-12-10(3)17-8-11(5-6-13(17)16-12)14(19)15-7-9(2)18/h5-6,8-9,18H,4,7H2,1-3H3,(H,15,19). The Labute approximate surface area is 112 Å². The number of aryl methyl sites for hydroxylation is 2. The minimum absolute atomic E-state index is 0.186. The van der Waals surface area contributed by atoms with E-state index in [4.69, 9.17) is 5.11 Å². The fraction of sp³-hybridized carbons (Fsp3) is 0.429. The molecular formula is C14H19N3O2. The summed E-state index contributed by atoms with van der Waals surface area (Å²) in [5, 5.41) is 11.9. The van der Waals surface area contributed by atoms with Gasteiger partial charge in [0, 0.05) is 18.4 Å². The molecule has 0 spiro atoms. The molecule has 0 aromatic carbocycles. The van der Waals surface area contributed by atoms with Gasteiger partial charge >= 0.3 is 0 Å². The number of aliphatic hydroxyl groups excluding tert-OH is 1. The highest BCUT2D eigenvalue weighted by atomic mass is 16.3. The Morgan fingerprint density at radius 3 is 2.89 bits per heavy atom. The van der Waals surface area contributed by atoms with Crippen LogP contribution in [-0.4, -0.2) is 33.0 Å². The average molecular weight is 261 g/mol. The number of fused-ring (bicyclic) bond motifs is 1. The number of aromatic nitrogens is 2. The van der Waals surface area contributed by atoms with Gasteiger partial charge in [0.1, 0.15) is 5.65 Å². The summed E-state index contributed by atoms with van der Waals surface area (Å²) in [4.78, 5) is 16.4. The predicted octanol–water partition coefficient (Wildman–Crippen LogP) is 1.32. The van der Waals surface area contributed by atoms with E-state index in [0.717, 1.165) is 23.5 Å². The van der Waals surface area contributed by atoms with Crippen molar-refractivity contribution in [2.45, 2.75) is 33.3 Å². The van der Waals surface area contributed by atoms with Gasteiger partial charge in [-0.05, 0) is 32.4 Å². The highest BCUT2D eigenvalue weighted by molar-refractivity contribution is 5.94. The lowest BCUT2D eigenvalue weighted by molar-refractivity contribution is 0.0923. The number of imidazole rings is 1. The molecule has 0 saturated heterocycles. The number of amides is 1. The van der Waals surface area contributed by atoms with Gasteiger partial charge in [-0.1, -0.05) is 6.92 Å². The summed E-state index contributed by atoms with van der Waals surface area (Å²) in [6.07, 6.45) is 2.11. The Hall–Kier alpha value is -1.88. The van der Waals surface area contributed by atoms with Crippen LogP contribution in [0.3, 0.4) is 0 Å². The molecule has 2 aromatic rings. The third-order valence-corrected chi connectivity index (χ3v) is 3.11. The number of pyridine rings is 1. The SMILES string of the molecule is CCc1nc2ccc(C(=O)NCC(C)O)cn2c1C. The summed E-state index contributed by atoms with van der Waals surface area (Å²) < 4.78 is 1.93. The Balaban J connectivity index is 2.30. The zero-order chi connectivity index (χ0) is 14.0. The van der Waals surface area contributed by atoms with Crippen LogP contribution < -0.4 is 5.32 Å². The monoisotopic (exact) mass is 261 g/mol. The normalized spacial score (nSPS) is 12.6. The van der Waals surface area contributed by atoms with Gasteiger partial charge in [0.15, 0.2) is 0 Å². The zero-order valence-electron chi connectivity index (χ0n) is 11.5. The molecule has 2 rings (SSSR count). The number of rotatable bonds is 4. The van der Waals surface area contributed by atoms with Crippen molar-refractivity contribution in [3.63, 3.8) is 0 Å². The minimum atomic E-state index is -0.547. The first-order valence-corrected chi connectivity index (χ1v) is 6.46. The van der Waals surface area contributed by atoms with Crippen molar-refractivity contribution in [3.05, 3.63) is 35.3 Å². The van der Waals surface area contributed by atoms with Crippen molar-refractivity contribution in [1.29, 1.82) is 0 Å². The molecule has 0 aliphatic rings. The smallest absolute Gasteiger partial charge is 0.252 e. The molecule has 2 heterocycles. The molecule has 5 nitrogen and oxygen atoms in total. The molecule has 0 aliphatic carbocycles. The maximum atomic E-state index is 11.9. The number of nitrogens with one attached hydrogen (secondary N) is 1. The van der Waals surface area contributed by atoms with E-state index in [-0.39, 0.29) is 12.5 Å². The molecule has 0 radical (unpaired) electrons. The number of carbonyl (C=O) groups excluding carboxylic acids is 1. The molecule has 0 fully saturated rings. The van der Waals surface area contributed by atoms with Crippen molar-refractivity contribution < 1.29 is 9.90 Å². The Morgan fingerprint density at radius 1 is 1.53 bits per heavy atom. The molecule has 0 bridgehead atoms. The number of hydrogen-bond donors (Lipinski definition) is 2. The van der Waals surface area contributed by atoms with Gasteiger partial charge in [0.2, 0.25) is 0 Å². The largest absolute Gasteiger partial charge is 0.392 e. The molecular weight excluding hydrogens is 242 g/mol. The summed E-state index contributed by atoms with van der Waals surface area (Å²) in [7, 11) is 0. The van der Waals surface area contributed by atoms with E-state index in [1.165, 1.54) is 0 Å². The number of aliphatic hydroxyl groups is 1. The van der Waals surface area contributed by atoms with Crippen LogP contribution in [0.25, 0.3) is 5.65 Å². The van der Waals surface area contributed by atoms with E-state index in [2.05, 4.69) is 17.2 Å². The van der Waals surface area contributed by atoms with Crippen molar-refractivity contribution >= 4 is 11.6 Å². The molecule has 19 heavy (non-hydrogen) atoms. The maximum Gasteiger partial charge on any atom is 0.252 e. The molecule has 1 amide bonds. The quantitative estimate of drug-likeness (QED) is 0.872. The van der Waals surface area contributed by atoms with Gasteiger partial charge in [-0.15, -0.1) is 0 Å². The Kier molecular flexibility index (Phi) is 3.85. The summed E-state index contributed by atoms with van der Waals surface area (Å²) in [5.41, 5.74) is 3.52. The van der Waals surface area contributed by atoms with Crippen LogP contribution in [0.15, 0.2) is 18.3 Å². The highest BCUT2D eigenvalue weighted by Crippen LogP contribution is 2.13. The van der Waals surface area contributed by atoms with Gasteiger partial charge in [0.25, 0.3) is 5.91 Å². The van der Waals surface area contributed by atoms with Gasteiger partial charge in [-0.2, -0.15) is 0 Å². The average Bonchev–Trinajstić information content (AvgIpc) is 2.72. The van der Waals surface area contributed by atoms with E-state index in [9.17, 15) is 4.79 Å². The van der Waals surface area contributed by atoms with Crippen LogP contribution in [-0.2, 0) is 6.42 Å². The van der Waals surface area contributed by atoms with E-state index >= 15 is 0 Å². The van der Waals surface area contributed by atoms with Crippen molar-refractivity contribution in [1.82, 2.24) is 14.7 Å². The molecule has 0 saturated carbocycles. The van der Waals surface area contributed by atoms with Crippen molar-refractivity contribution in [2.24, 2.45) is 0 Å². The third-order valence-electron chi connectivity index (χ3n) is 3.11. The third kappa shape index (κ3) is 2.76. The highest BCUT2D eigenvalue weighted by Gasteiger charge is 2.11. The lowest BCUT2D eigenvalue weighted by atomic mass is 10.2. The second-order valence-electron chi connectivity index (χ2n) is 4.70. The number of carbonyl (C=O) groups is 1. The van der Waals surface area contributed by atoms with Gasteiger partial charge in [-0.25, -0.2) is 4.98 Å². The Bertz CT molecular complexity index is 602. The molecule has 0 aliphatic heterocycles. The lowest BCUT2D eigenvalue weighted by Crippen LogP contribution is -2.30. The molecule has 5 heteroatoms. The fourth-order valence-corrected chi connectivity index (χ4v) is 2.02. The number of nitrogens with zero attached hydrogens (tertiary/aromatic N) is 2. The summed E-state index contributed by atoms with van der Waals surface area (Å²) in [5.74, 6) is -0.186. The van der Waals surface area contributed by atoms with Crippen molar-refractivity contribution in [3.8, 4) is 0 Å². The summed E-state index contributed by atoms with van der Waals surface area (Å²) in [6, 6.07) is 3.59. The molecule has 1 atom stereocenters. The maximum absolute atomic E-state index is 11.9. The van der Waals surface area contributed by atoms with Crippen LogP contribution in [0, 0.1) is 6.92 Å².